The van der Waals surface area contributed by atoms with Gasteiger partial charge >= 0.3 is 0 Å². The van der Waals surface area contributed by atoms with E-state index in [4.69, 9.17) is 0 Å². The maximum absolute atomic E-state index is 12.5. The van der Waals surface area contributed by atoms with E-state index in [2.05, 4.69) is 46.2 Å². The first-order valence-corrected chi connectivity index (χ1v) is 9.32. The Kier molecular flexibility index (Phi) is 5.05. The molecule has 1 amide bonds. The first kappa shape index (κ1) is 17.5. The van der Waals surface area contributed by atoms with Crippen LogP contribution in [-0.2, 0) is 11.3 Å². The number of piperazine rings is 1. The highest BCUT2D eigenvalue weighted by molar-refractivity contribution is 9.10. The average molecular weight is 429 g/mol. The molecule has 2 aromatic heterocycles. The molecule has 0 radical (unpaired) electrons. The Hall–Kier alpha value is -2.88. The van der Waals surface area contributed by atoms with Crippen LogP contribution in [0.15, 0.2) is 47.2 Å². The summed E-state index contributed by atoms with van der Waals surface area (Å²) in [6.45, 7) is 2.71. The number of rotatable bonds is 4. The van der Waals surface area contributed by atoms with E-state index >= 15 is 0 Å². The molecule has 3 heterocycles. The second-order valence-electron chi connectivity index (χ2n) is 6.07. The summed E-state index contributed by atoms with van der Waals surface area (Å²) in [6.07, 6.45) is 3.44. The smallest absolute Gasteiger partial charge is 0.246 e. The predicted octanol–water partition coefficient (Wildman–Crippen LogP) is 1.24. The molecule has 10 heteroatoms. The molecule has 27 heavy (non-hydrogen) atoms. The minimum absolute atomic E-state index is 0.0246. The van der Waals surface area contributed by atoms with Crippen molar-refractivity contribution >= 4 is 27.8 Å². The fraction of sp³-hybridized carbons (Fsp3) is 0.294. The molecule has 9 nitrogen and oxygen atoms in total. The van der Waals surface area contributed by atoms with E-state index in [0.717, 1.165) is 10.0 Å². The molecule has 0 spiro atoms. The molecule has 4 rings (SSSR count). The first-order chi connectivity index (χ1) is 13.2. The van der Waals surface area contributed by atoms with Crippen LogP contribution in [0.5, 0.6) is 0 Å². The van der Waals surface area contributed by atoms with Crippen LogP contribution in [0.25, 0.3) is 11.4 Å². The first-order valence-electron chi connectivity index (χ1n) is 8.52. The van der Waals surface area contributed by atoms with E-state index in [-0.39, 0.29) is 12.5 Å². The Morgan fingerprint density at radius 1 is 1.04 bits per heavy atom. The van der Waals surface area contributed by atoms with E-state index in [1.807, 2.05) is 29.2 Å². The summed E-state index contributed by atoms with van der Waals surface area (Å²) in [6, 6.07) is 9.42. The number of anilines is 1. The molecule has 0 bridgehead atoms. The molecule has 1 saturated heterocycles. The van der Waals surface area contributed by atoms with Crippen LogP contribution in [0.3, 0.4) is 0 Å². The minimum Gasteiger partial charge on any atom is -0.337 e. The highest BCUT2D eigenvalue weighted by Gasteiger charge is 2.23. The number of carbonyl (C=O) groups excluding carboxylic acids is 1. The lowest BCUT2D eigenvalue weighted by Crippen LogP contribution is -2.50. The summed E-state index contributed by atoms with van der Waals surface area (Å²) in [5.41, 5.74) is 0.855. The predicted molar refractivity (Wildman–Crippen MR) is 102 cm³/mol. The number of aromatic nitrogens is 6. The van der Waals surface area contributed by atoms with Crippen molar-refractivity contribution in [2.45, 2.75) is 6.54 Å². The number of hydrogen-bond acceptors (Lipinski definition) is 7. The number of tetrazole rings is 1. The molecule has 1 fully saturated rings. The molecule has 138 valence electrons. The second-order valence-corrected chi connectivity index (χ2v) is 6.98. The number of halogens is 1. The fourth-order valence-corrected chi connectivity index (χ4v) is 3.12. The van der Waals surface area contributed by atoms with Gasteiger partial charge in [0.05, 0.1) is 0 Å². The van der Waals surface area contributed by atoms with Gasteiger partial charge in [0.2, 0.25) is 17.7 Å². The van der Waals surface area contributed by atoms with Gasteiger partial charge in [0.25, 0.3) is 0 Å². The lowest BCUT2D eigenvalue weighted by atomic mass is 10.2. The molecule has 1 aliphatic heterocycles. The van der Waals surface area contributed by atoms with Gasteiger partial charge < -0.3 is 9.80 Å². The van der Waals surface area contributed by atoms with Crippen LogP contribution in [0.1, 0.15) is 0 Å². The van der Waals surface area contributed by atoms with Crippen molar-refractivity contribution in [2.24, 2.45) is 0 Å². The zero-order valence-corrected chi connectivity index (χ0v) is 16.0. The number of hydrogen-bond donors (Lipinski definition) is 0. The van der Waals surface area contributed by atoms with Gasteiger partial charge in [-0.15, -0.1) is 10.2 Å². The normalized spacial score (nSPS) is 14.4. The standard InChI is InChI=1S/C17H17BrN8O/c18-14-4-2-13(3-5-14)16-21-23-26(22-16)12-15(27)24-8-10-25(11-9-24)17-19-6-1-7-20-17/h1-7H,8-12H2. The summed E-state index contributed by atoms with van der Waals surface area (Å²) in [5, 5.41) is 12.3. The van der Waals surface area contributed by atoms with E-state index < -0.39 is 0 Å². The van der Waals surface area contributed by atoms with Crippen LogP contribution in [0.2, 0.25) is 0 Å². The van der Waals surface area contributed by atoms with Crippen molar-refractivity contribution in [1.82, 2.24) is 35.1 Å². The molecule has 0 unspecified atom stereocenters. The zero-order chi connectivity index (χ0) is 18.6. The van der Waals surface area contributed by atoms with Crippen molar-refractivity contribution in [3.05, 3.63) is 47.2 Å². The fourth-order valence-electron chi connectivity index (χ4n) is 2.86. The number of benzene rings is 1. The Bertz CT molecular complexity index is 906. The molecule has 0 atom stereocenters. The second kappa shape index (κ2) is 7.78. The third-order valence-electron chi connectivity index (χ3n) is 4.30. The highest BCUT2D eigenvalue weighted by Crippen LogP contribution is 2.17. The Labute approximate surface area is 164 Å². The van der Waals surface area contributed by atoms with Gasteiger partial charge in [-0.05, 0) is 35.5 Å². The molecule has 0 aliphatic carbocycles. The summed E-state index contributed by atoms with van der Waals surface area (Å²) >= 11 is 3.40. The lowest BCUT2D eigenvalue weighted by molar-refractivity contribution is -0.132. The minimum atomic E-state index is -0.0246. The molecule has 0 N–H and O–H groups in total. The van der Waals surface area contributed by atoms with Crippen LogP contribution in [0.4, 0.5) is 5.95 Å². The maximum atomic E-state index is 12.5. The average Bonchev–Trinajstić information content (AvgIpc) is 3.18. The number of carbonyl (C=O) groups is 1. The molecular weight excluding hydrogens is 412 g/mol. The monoisotopic (exact) mass is 428 g/mol. The number of nitrogens with zero attached hydrogens (tertiary/aromatic N) is 8. The third kappa shape index (κ3) is 4.11. The summed E-state index contributed by atoms with van der Waals surface area (Å²) in [7, 11) is 0. The lowest BCUT2D eigenvalue weighted by Gasteiger charge is -2.34. The topological polar surface area (TPSA) is 92.9 Å². The van der Waals surface area contributed by atoms with Crippen LogP contribution in [-0.4, -0.2) is 67.2 Å². The van der Waals surface area contributed by atoms with Crippen molar-refractivity contribution in [3.8, 4) is 11.4 Å². The van der Waals surface area contributed by atoms with Gasteiger partial charge in [-0.2, -0.15) is 4.80 Å². The molecular formula is C17H17BrN8O. The van der Waals surface area contributed by atoms with Crippen molar-refractivity contribution in [1.29, 1.82) is 0 Å². The van der Waals surface area contributed by atoms with E-state index in [0.29, 0.717) is 38.0 Å². The Morgan fingerprint density at radius 3 is 2.44 bits per heavy atom. The Balaban J connectivity index is 1.34. The van der Waals surface area contributed by atoms with Crippen LogP contribution < -0.4 is 4.90 Å². The summed E-state index contributed by atoms with van der Waals surface area (Å²) in [5.74, 6) is 1.17. The van der Waals surface area contributed by atoms with Gasteiger partial charge in [0.1, 0.15) is 6.54 Å². The van der Waals surface area contributed by atoms with Crippen LogP contribution in [0, 0.1) is 0 Å². The largest absolute Gasteiger partial charge is 0.337 e. The van der Waals surface area contributed by atoms with Crippen molar-refractivity contribution < 1.29 is 4.79 Å². The van der Waals surface area contributed by atoms with E-state index in [1.165, 1.54) is 4.80 Å². The van der Waals surface area contributed by atoms with E-state index in [9.17, 15) is 4.79 Å². The third-order valence-corrected chi connectivity index (χ3v) is 4.83. The molecule has 3 aromatic rings. The zero-order valence-electron chi connectivity index (χ0n) is 14.4. The highest BCUT2D eigenvalue weighted by atomic mass is 79.9. The van der Waals surface area contributed by atoms with Crippen LogP contribution >= 0.6 is 15.9 Å². The molecule has 1 aliphatic rings. The van der Waals surface area contributed by atoms with Gasteiger partial charge in [-0.25, -0.2) is 9.97 Å². The summed E-state index contributed by atoms with van der Waals surface area (Å²) in [4.78, 5) is 26.3. The van der Waals surface area contributed by atoms with Crippen molar-refractivity contribution in [3.63, 3.8) is 0 Å². The molecule has 1 aromatic carbocycles. The SMILES string of the molecule is O=C(Cn1nnc(-c2ccc(Br)cc2)n1)N1CCN(c2ncccn2)CC1. The number of amides is 1. The summed E-state index contributed by atoms with van der Waals surface area (Å²) < 4.78 is 0.980. The van der Waals surface area contributed by atoms with Gasteiger partial charge in [0.15, 0.2) is 0 Å². The quantitative estimate of drug-likeness (QED) is 0.616. The van der Waals surface area contributed by atoms with Gasteiger partial charge in [-0.1, -0.05) is 15.9 Å². The van der Waals surface area contributed by atoms with Gasteiger partial charge in [-0.3, -0.25) is 4.79 Å². The maximum Gasteiger partial charge on any atom is 0.246 e. The molecule has 0 saturated carbocycles. The van der Waals surface area contributed by atoms with Crippen molar-refractivity contribution in [2.75, 3.05) is 31.1 Å². The van der Waals surface area contributed by atoms with E-state index in [1.54, 1.807) is 18.5 Å². The van der Waals surface area contributed by atoms with Gasteiger partial charge in [0, 0.05) is 48.6 Å². The Morgan fingerprint density at radius 2 is 1.74 bits per heavy atom.